The molecule has 1 heterocycles. The van der Waals surface area contributed by atoms with Crippen LogP contribution in [0.15, 0.2) is 40.2 Å². The van der Waals surface area contributed by atoms with Crippen molar-refractivity contribution >= 4 is 39.3 Å². The van der Waals surface area contributed by atoms with Crippen molar-refractivity contribution in [2.45, 2.75) is 10.9 Å². The summed E-state index contributed by atoms with van der Waals surface area (Å²) in [5.41, 5.74) is 1.17. The van der Waals surface area contributed by atoms with E-state index in [1.807, 2.05) is 24.4 Å². The number of hydrogen-bond acceptors (Lipinski definition) is 2. The molecule has 0 saturated heterocycles. The van der Waals surface area contributed by atoms with Crippen LogP contribution in [-0.4, -0.2) is 9.97 Å². The van der Waals surface area contributed by atoms with Crippen LogP contribution >= 0.6 is 39.3 Å². The van der Waals surface area contributed by atoms with Gasteiger partial charge < -0.3 is 4.98 Å². The number of aromatic nitrogens is 2. The summed E-state index contributed by atoms with van der Waals surface area (Å²) >= 11 is 11.1. The Labute approximate surface area is 106 Å². The van der Waals surface area contributed by atoms with Crippen LogP contribution in [0, 0.1) is 0 Å². The second-order valence-corrected chi connectivity index (χ2v) is 5.17. The number of rotatable bonds is 3. The third-order valence-electron chi connectivity index (χ3n) is 1.85. The molecule has 0 spiro atoms. The Kier molecular flexibility index (Phi) is 3.72. The van der Waals surface area contributed by atoms with Gasteiger partial charge in [-0.25, -0.2) is 4.98 Å². The third kappa shape index (κ3) is 3.00. The Balaban J connectivity index is 2.07. The van der Waals surface area contributed by atoms with Gasteiger partial charge in [-0.2, -0.15) is 0 Å². The number of nitrogens with one attached hydrogen (secondary N) is 1. The average Bonchev–Trinajstić information content (AvgIpc) is 2.72. The summed E-state index contributed by atoms with van der Waals surface area (Å²) in [7, 11) is 0. The van der Waals surface area contributed by atoms with Crippen molar-refractivity contribution in [1.82, 2.24) is 9.97 Å². The highest BCUT2D eigenvalue weighted by Crippen LogP contribution is 2.27. The minimum absolute atomic E-state index is 0.758. The van der Waals surface area contributed by atoms with Gasteiger partial charge in [-0.05, 0) is 23.8 Å². The Hall–Kier alpha value is -0.450. The fourth-order valence-electron chi connectivity index (χ4n) is 1.13. The molecule has 0 radical (unpaired) electrons. The maximum atomic E-state index is 5.92. The standard InChI is InChI=1S/C10H8BrClN2S/c11-9-2-1-8(12)5-7(9)6-15-10-13-3-4-14-10/h1-5H,6H2,(H,13,14). The van der Waals surface area contributed by atoms with Crippen molar-refractivity contribution in [3.63, 3.8) is 0 Å². The molecule has 2 rings (SSSR count). The number of thioether (sulfide) groups is 1. The second kappa shape index (κ2) is 5.05. The molecule has 0 unspecified atom stereocenters. The molecule has 0 bridgehead atoms. The molecule has 1 N–H and O–H groups in total. The van der Waals surface area contributed by atoms with Gasteiger partial charge in [0, 0.05) is 27.6 Å². The number of imidazole rings is 1. The summed E-state index contributed by atoms with van der Waals surface area (Å²) in [4.78, 5) is 7.19. The molecule has 0 saturated carbocycles. The molecule has 1 aromatic carbocycles. The van der Waals surface area contributed by atoms with Crippen molar-refractivity contribution in [3.05, 3.63) is 45.7 Å². The maximum Gasteiger partial charge on any atom is 0.165 e. The number of aromatic amines is 1. The minimum Gasteiger partial charge on any atom is -0.340 e. The molecular weight excluding hydrogens is 296 g/mol. The first kappa shape index (κ1) is 11.0. The lowest BCUT2D eigenvalue weighted by molar-refractivity contribution is 1.06. The van der Waals surface area contributed by atoms with Crippen LogP contribution in [0.3, 0.4) is 0 Å². The Bertz CT molecular complexity index is 445. The largest absolute Gasteiger partial charge is 0.340 e. The number of nitrogens with zero attached hydrogens (tertiary/aromatic N) is 1. The van der Waals surface area contributed by atoms with E-state index in [1.165, 1.54) is 5.56 Å². The Morgan fingerprint density at radius 3 is 3.07 bits per heavy atom. The smallest absolute Gasteiger partial charge is 0.165 e. The summed E-state index contributed by atoms with van der Waals surface area (Å²) < 4.78 is 1.07. The highest BCUT2D eigenvalue weighted by molar-refractivity contribution is 9.10. The van der Waals surface area contributed by atoms with E-state index >= 15 is 0 Å². The first-order valence-electron chi connectivity index (χ1n) is 4.32. The maximum absolute atomic E-state index is 5.92. The van der Waals surface area contributed by atoms with Crippen LogP contribution in [0.2, 0.25) is 5.02 Å². The fourth-order valence-corrected chi connectivity index (χ4v) is 2.71. The predicted octanol–water partition coefficient (Wildman–Crippen LogP) is 4.12. The van der Waals surface area contributed by atoms with Gasteiger partial charge in [0.25, 0.3) is 0 Å². The molecule has 0 atom stereocenters. The molecule has 5 heteroatoms. The van der Waals surface area contributed by atoms with Crippen molar-refractivity contribution in [1.29, 1.82) is 0 Å². The fraction of sp³-hybridized carbons (Fsp3) is 0.100. The van der Waals surface area contributed by atoms with Gasteiger partial charge in [0.1, 0.15) is 0 Å². The van der Waals surface area contributed by atoms with Crippen molar-refractivity contribution in [2.75, 3.05) is 0 Å². The van der Waals surface area contributed by atoms with Gasteiger partial charge in [0.15, 0.2) is 5.16 Å². The average molecular weight is 304 g/mol. The molecule has 1 aromatic heterocycles. The summed E-state index contributed by atoms with van der Waals surface area (Å²) in [6.07, 6.45) is 3.56. The molecular formula is C10H8BrClN2S. The normalized spacial score (nSPS) is 10.5. The number of benzene rings is 1. The lowest BCUT2D eigenvalue weighted by Crippen LogP contribution is -1.84. The Morgan fingerprint density at radius 2 is 2.33 bits per heavy atom. The molecule has 0 amide bonds. The molecule has 0 aliphatic carbocycles. The number of hydrogen-bond donors (Lipinski definition) is 1. The minimum atomic E-state index is 0.758. The zero-order chi connectivity index (χ0) is 10.7. The lowest BCUT2D eigenvalue weighted by atomic mass is 10.2. The van der Waals surface area contributed by atoms with Crippen molar-refractivity contribution < 1.29 is 0 Å². The van der Waals surface area contributed by atoms with E-state index in [4.69, 9.17) is 11.6 Å². The highest BCUT2D eigenvalue weighted by atomic mass is 79.9. The molecule has 2 aromatic rings. The summed E-state index contributed by atoms with van der Waals surface area (Å²) in [5.74, 6) is 0.842. The predicted molar refractivity (Wildman–Crippen MR) is 67.3 cm³/mol. The SMILES string of the molecule is Clc1ccc(Br)c(CSc2ncc[nH]2)c1. The first-order valence-corrected chi connectivity index (χ1v) is 6.47. The molecule has 78 valence electrons. The van der Waals surface area contributed by atoms with Gasteiger partial charge in [-0.1, -0.05) is 39.3 Å². The van der Waals surface area contributed by atoms with Gasteiger partial charge in [-0.15, -0.1) is 0 Å². The highest BCUT2D eigenvalue weighted by Gasteiger charge is 2.03. The van der Waals surface area contributed by atoms with Crippen LogP contribution < -0.4 is 0 Å². The van der Waals surface area contributed by atoms with Crippen molar-refractivity contribution in [2.24, 2.45) is 0 Å². The zero-order valence-electron chi connectivity index (χ0n) is 7.71. The molecule has 0 fully saturated rings. The van der Waals surface area contributed by atoms with Crippen LogP contribution in [0.1, 0.15) is 5.56 Å². The van der Waals surface area contributed by atoms with Crippen LogP contribution in [0.4, 0.5) is 0 Å². The van der Waals surface area contributed by atoms with E-state index in [0.717, 1.165) is 20.4 Å². The quantitative estimate of drug-likeness (QED) is 0.864. The number of halogens is 2. The lowest BCUT2D eigenvalue weighted by Gasteiger charge is -2.03. The van der Waals surface area contributed by atoms with E-state index in [2.05, 4.69) is 25.9 Å². The van der Waals surface area contributed by atoms with E-state index in [9.17, 15) is 0 Å². The summed E-state index contributed by atoms with van der Waals surface area (Å²) in [6.45, 7) is 0. The second-order valence-electron chi connectivity index (χ2n) is 2.92. The van der Waals surface area contributed by atoms with E-state index in [-0.39, 0.29) is 0 Å². The van der Waals surface area contributed by atoms with E-state index in [1.54, 1.807) is 18.0 Å². The van der Waals surface area contributed by atoms with E-state index in [0.29, 0.717) is 0 Å². The Morgan fingerprint density at radius 1 is 1.47 bits per heavy atom. The molecule has 0 aliphatic heterocycles. The molecule has 2 nitrogen and oxygen atoms in total. The van der Waals surface area contributed by atoms with Crippen LogP contribution in [0.5, 0.6) is 0 Å². The topological polar surface area (TPSA) is 28.7 Å². The molecule has 0 aliphatic rings. The van der Waals surface area contributed by atoms with Crippen LogP contribution in [0.25, 0.3) is 0 Å². The monoisotopic (exact) mass is 302 g/mol. The van der Waals surface area contributed by atoms with Gasteiger partial charge in [-0.3, -0.25) is 0 Å². The number of H-pyrrole nitrogens is 1. The first-order chi connectivity index (χ1) is 7.25. The van der Waals surface area contributed by atoms with Crippen LogP contribution in [-0.2, 0) is 5.75 Å². The zero-order valence-corrected chi connectivity index (χ0v) is 10.9. The molecule has 15 heavy (non-hydrogen) atoms. The third-order valence-corrected chi connectivity index (χ3v) is 3.81. The summed E-state index contributed by atoms with van der Waals surface area (Å²) in [5, 5.41) is 1.68. The van der Waals surface area contributed by atoms with Gasteiger partial charge in [0.05, 0.1) is 0 Å². The van der Waals surface area contributed by atoms with Crippen molar-refractivity contribution in [3.8, 4) is 0 Å². The van der Waals surface area contributed by atoms with Gasteiger partial charge >= 0.3 is 0 Å². The summed E-state index contributed by atoms with van der Waals surface area (Å²) in [6, 6.07) is 5.79. The van der Waals surface area contributed by atoms with E-state index < -0.39 is 0 Å². The van der Waals surface area contributed by atoms with Gasteiger partial charge in [0.2, 0.25) is 0 Å².